The molecule has 9 heteroatoms. The number of carbonyl (C=O) groups is 2. The first kappa shape index (κ1) is 15.9. The largest absolute Gasteiger partial charge is 0.329 e. The molecular weight excluding hydrogens is 310 g/mol. The maximum Gasteiger partial charge on any atom is 0.328 e. The van der Waals surface area contributed by atoms with Crippen molar-refractivity contribution in [3.8, 4) is 0 Å². The zero-order valence-electron chi connectivity index (χ0n) is 13.7. The molecule has 3 amide bonds. The van der Waals surface area contributed by atoms with E-state index >= 15 is 0 Å². The summed E-state index contributed by atoms with van der Waals surface area (Å²) in [6.07, 6.45) is 4.43. The zero-order valence-corrected chi connectivity index (χ0v) is 13.7. The van der Waals surface area contributed by atoms with E-state index in [-0.39, 0.29) is 11.9 Å². The standard InChI is InChI=1S/C15H19N7O2/c1-4-22-13(23)11-12(21(3)15(22)24)18-14(20(11)2)19-17-9-10-6-5-7-16-8-10/h5-9,11-12H,4H2,1-3H3,(H,18,19)/b17-9+. The lowest BCUT2D eigenvalue weighted by Crippen LogP contribution is -2.64. The predicted octanol–water partition coefficient (Wildman–Crippen LogP) is -0.0849. The molecule has 24 heavy (non-hydrogen) atoms. The fraction of sp³-hybridized carbons (Fsp3) is 0.400. The van der Waals surface area contributed by atoms with Crippen LogP contribution in [0.4, 0.5) is 4.79 Å². The van der Waals surface area contributed by atoms with Crippen LogP contribution < -0.4 is 5.43 Å². The van der Waals surface area contributed by atoms with E-state index in [4.69, 9.17) is 0 Å². The number of aliphatic imine (C=N–C) groups is 1. The second-order valence-corrected chi connectivity index (χ2v) is 5.55. The summed E-state index contributed by atoms with van der Waals surface area (Å²) in [7, 11) is 3.40. The SMILES string of the molecule is CCN1C(=O)C2C(N=C(N/N=C/c3cccnc3)N2C)N(C)C1=O. The summed E-state index contributed by atoms with van der Waals surface area (Å²) in [4.78, 5) is 37.6. The van der Waals surface area contributed by atoms with Gasteiger partial charge in [-0.25, -0.2) is 15.2 Å². The monoisotopic (exact) mass is 329 g/mol. The summed E-state index contributed by atoms with van der Waals surface area (Å²) in [5.41, 5.74) is 3.67. The Morgan fingerprint density at radius 3 is 2.79 bits per heavy atom. The number of urea groups is 1. The number of nitrogens with one attached hydrogen (secondary N) is 1. The van der Waals surface area contributed by atoms with E-state index in [9.17, 15) is 9.59 Å². The normalized spacial score (nSPS) is 23.8. The number of imide groups is 1. The minimum absolute atomic E-state index is 0.245. The van der Waals surface area contributed by atoms with E-state index < -0.39 is 12.2 Å². The molecule has 1 N–H and O–H groups in total. The highest BCUT2D eigenvalue weighted by Gasteiger charge is 2.50. The summed E-state index contributed by atoms with van der Waals surface area (Å²) in [6.45, 7) is 2.11. The minimum Gasteiger partial charge on any atom is -0.329 e. The van der Waals surface area contributed by atoms with E-state index in [0.717, 1.165) is 5.56 Å². The molecule has 0 bridgehead atoms. The number of aromatic nitrogens is 1. The Morgan fingerprint density at radius 2 is 2.12 bits per heavy atom. The number of pyridine rings is 1. The summed E-state index contributed by atoms with van der Waals surface area (Å²) in [6, 6.07) is 2.81. The van der Waals surface area contributed by atoms with Gasteiger partial charge >= 0.3 is 6.03 Å². The molecule has 3 rings (SSSR count). The lowest BCUT2D eigenvalue weighted by atomic mass is 10.1. The molecule has 126 valence electrons. The molecule has 1 aromatic heterocycles. The number of fused-ring (bicyclic) bond motifs is 1. The highest BCUT2D eigenvalue weighted by molar-refractivity contribution is 6.03. The molecule has 2 aliphatic heterocycles. The predicted molar refractivity (Wildman–Crippen MR) is 88.3 cm³/mol. The van der Waals surface area contributed by atoms with Crippen LogP contribution in [0, 0.1) is 0 Å². The van der Waals surface area contributed by atoms with Gasteiger partial charge in [0.25, 0.3) is 5.91 Å². The van der Waals surface area contributed by atoms with Crippen molar-refractivity contribution in [3.63, 3.8) is 0 Å². The molecule has 1 aromatic rings. The summed E-state index contributed by atoms with van der Waals surface area (Å²) in [5, 5.41) is 4.12. The van der Waals surface area contributed by atoms with Gasteiger partial charge in [0.05, 0.1) is 6.21 Å². The Balaban J connectivity index is 1.76. The number of likely N-dealkylation sites (N-methyl/N-ethyl adjacent to an activating group) is 3. The van der Waals surface area contributed by atoms with Gasteiger partial charge in [0, 0.05) is 38.6 Å². The molecule has 2 atom stereocenters. The van der Waals surface area contributed by atoms with Crippen LogP contribution in [0.15, 0.2) is 34.6 Å². The third kappa shape index (κ3) is 2.57. The second kappa shape index (κ2) is 6.26. The van der Waals surface area contributed by atoms with E-state index in [1.54, 1.807) is 44.5 Å². The molecule has 9 nitrogen and oxygen atoms in total. The van der Waals surface area contributed by atoms with Crippen LogP contribution in [-0.2, 0) is 4.79 Å². The first-order valence-electron chi connectivity index (χ1n) is 7.62. The van der Waals surface area contributed by atoms with E-state index in [1.807, 2.05) is 12.1 Å². The molecule has 0 aliphatic carbocycles. The van der Waals surface area contributed by atoms with E-state index in [1.165, 1.54) is 9.80 Å². The smallest absolute Gasteiger partial charge is 0.328 e. The van der Waals surface area contributed by atoms with Crippen molar-refractivity contribution < 1.29 is 9.59 Å². The van der Waals surface area contributed by atoms with Crippen molar-refractivity contribution >= 4 is 24.1 Å². The Labute approximate surface area is 139 Å². The first-order valence-corrected chi connectivity index (χ1v) is 7.62. The Kier molecular flexibility index (Phi) is 4.15. The van der Waals surface area contributed by atoms with Crippen molar-refractivity contribution in [2.24, 2.45) is 10.1 Å². The summed E-state index contributed by atoms with van der Waals surface area (Å²) < 4.78 is 0. The average Bonchev–Trinajstić information content (AvgIpc) is 2.92. The Morgan fingerprint density at radius 1 is 1.33 bits per heavy atom. The van der Waals surface area contributed by atoms with Crippen molar-refractivity contribution in [1.82, 2.24) is 25.1 Å². The molecule has 0 saturated carbocycles. The average molecular weight is 329 g/mol. The van der Waals surface area contributed by atoms with Crippen LogP contribution in [0.25, 0.3) is 0 Å². The molecule has 2 unspecified atom stereocenters. The molecule has 3 heterocycles. The highest BCUT2D eigenvalue weighted by Crippen LogP contribution is 2.25. The van der Waals surface area contributed by atoms with Gasteiger partial charge in [-0.1, -0.05) is 6.07 Å². The van der Waals surface area contributed by atoms with Gasteiger partial charge in [0.1, 0.15) is 0 Å². The van der Waals surface area contributed by atoms with Crippen molar-refractivity contribution in [2.75, 3.05) is 20.6 Å². The minimum atomic E-state index is -0.547. The lowest BCUT2D eigenvalue weighted by Gasteiger charge is -2.39. The Bertz CT molecular complexity index is 703. The van der Waals surface area contributed by atoms with E-state index in [2.05, 4.69) is 20.5 Å². The van der Waals surface area contributed by atoms with Gasteiger partial charge in [0.2, 0.25) is 5.96 Å². The molecule has 1 fully saturated rings. The maximum atomic E-state index is 12.5. The number of hydrogen-bond donors (Lipinski definition) is 1. The molecule has 0 radical (unpaired) electrons. The van der Waals surface area contributed by atoms with Crippen LogP contribution in [0.5, 0.6) is 0 Å². The molecular formula is C15H19N7O2. The lowest BCUT2D eigenvalue weighted by molar-refractivity contribution is -0.136. The highest BCUT2D eigenvalue weighted by atomic mass is 16.2. The number of hydrogen-bond acceptors (Lipinski definition) is 7. The second-order valence-electron chi connectivity index (χ2n) is 5.55. The fourth-order valence-corrected chi connectivity index (χ4v) is 2.78. The van der Waals surface area contributed by atoms with Crippen LogP contribution in [-0.4, -0.2) is 76.6 Å². The molecule has 2 aliphatic rings. The topological polar surface area (TPSA) is 93.5 Å². The number of carbonyl (C=O) groups excluding carboxylic acids is 2. The van der Waals surface area contributed by atoms with Gasteiger partial charge in [-0.05, 0) is 13.0 Å². The zero-order chi connectivity index (χ0) is 17.3. The van der Waals surface area contributed by atoms with Crippen LogP contribution >= 0.6 is 0 Å². The van der Waals surface area contributed by atoms with Gasteiger partial charge < -0.3 is 9.80 Å². The van der Waals surface area contributed by atoms with E-state index in [0.29, 0.717) is 12.5 Å². The number of rotatable bonds is 3. The number of hydrazone groups is 1. The first-order chi connectivity index (χ1) is 11.5. The van der Waals surface area contributed by atoms with Gasteiger partial charge in [-0.3, -0.25) is 14.7 Å². The Hall–Kier alpha value is -2.97. The molecule has 0 spiro atoms. The van der Waals surface area contributed by atoms with Gasteiger partial charge in [-0.15, -0.1) is 0 Å². The maximum absolute atomic E-state index is 12.5. The molecule has 1 saturated heterocycles. The third-order valence-electron chi connectivity index (χ3n) is 4.12. The van der Waals surface area contributed by atoms with Crippen molar-refractivity contribution in [1.29, 1.82) is 0 Å². The summed E-state index contributed by atoms with van der Waals surface area (Å²) >= 11 is 0. The van der Waals surface area contributed by atoms with Crippen molar-refractivity contribution in [2.45, 2.75) is 19.1 Å². The van der Waals surface area contributed by atoms with Gasteiger partial charge in [0.15, 0.2) is 12.2 Å². The van der Waals surface area contributed by atoms with Gasteiger partial charge in [-0.2, -0.15) is 5.10 Å². The number of amides is 3. The number of guanidine groups is 1. The van der Waals surface area contributed by atoms with Crippen molar-refractivity contribution in [3.05, 3.63) is 30.1 Å². The number of nitrogens with zero attached hydrogens (tertiary/aromatic N) is 6. The fourth-order valence-electron chi connectivity index (χ4n) is 2.78. The van der Waals surface area contributed by atoms with Crippen LogP contribution in [0.1, 0.15) is 12.5 Å². The summed E-state index contributed by atoms with van der Waals surface area (Å²) in [5.74, 6) is 0.195. The van der Waals surface area contributed by atoms with Crippen LogP contribution in [0.2, 0.25) is 0 Å². The van der Waals surface area contributed by atoms with Crippen LogP contribution in [0.3, 0.4) is 0 Å². The molecule has 0 aromatic carbocycles. The quantitative estimate of drug-likeness (QED) is 0.618. The third-order valence-corrected chi connectivity index (χ3v) is 4.12.